The summed E-state index contributed by atoms with van der Waals surface area (Å²) in [7, 11) is 0. The summed E-state index contributed by atoms with van der Waals surface area (Å²) in [5.74, 6) is -4.19. The molecule has 0 aliphatic carbocycles. The van der Waals surface area contributed by atoms with Crippen molar-refractivity contribution in [3.05, 3.63) is 29.3 Å². The van der Waals surface area contributed by atoms with Crippen LogP contribution in [-0.2, 0) is 14.3 Å². The summed E-state index contributed by atoms with van der Waals surface area (Å²) in [6, 6.07) is 0.993. The molecule has 0 spiro atoms. The highest BCUT2D eigenvalue weighted by molar-refractivity contribution is 6.01. The number of imide groups is 1. The summed E-state index contributed by atoms with van der Waals surface area (Å²) in [5.41, 5.74) is -0.574. The largest absolute Gasteiger partial charge is 0.480 e. The van der Waals surface area contributed by atoms with Gasteiger partial charge in [0, 0.05) is 0 Å². The summed E-state index contributed by atoms with van der Waals surface area (Å²) >= 11 is 0. The second-order valence-corrected chi connectivity index (χ2v) is 3.94. The Hall–Kier alpha value is -2.55. The predicted octanol–water partition coefficient (Wildman–Crippen LogP) is 1.02. The van der Waals surface area contributed by atoms with Crippen LogP contribution < -0.4 is 10.6 Å². The average Bonchev–Trinajstić information content (AvgIpc) is 2.38. The van der Waals surface area contributed by atoms with E-state index in [0.717, 1.165) is 6.07 Å². The molecule has 21 heavy (non-hydrogen) atoms. The van der Waals surface area contributed by atoms with Gasteiger partial charge in [0.1, 0.15) is 24.7 Å². The maximum Gasteiger partial charge on any atom is 0.329 e. The first-order valence-corrected chi connectivity index (χ1v) is 5.66. The van der Waals surface area contributed by atoms with E-state index in [4.69, 9.17) is 5.11 Å². The number of carboxylic acids is 1. The van der Waals surface area contributed by atoms with Gasteiger partial charge in [0.05, 0.1) is 0 Å². The van der Waals surface area contributed by atoms with Crippen LogP contribution in [0.3, 0.4) is 0 Å². The molecule has 1 aromatic rings. The molecule has 114 valence electrons. The zero-order valence-electron chi connectivity index (χ0n) is 10.9. The first-order valence-electron chi connectivity index (χ1n) is 5.66. The maximum absolute atomic E-state index is 13.6. The number of carbonyl (C=O) groups is 3. The van der Waals surface area contributed by atoms with Crippen LogP contribution in [0.5, 0.6) is 0 Å². The average molecular weight is 302 g/mol. The van der Waals surface area contributed by atoms with Crippen molar-refractivity contribution in [2.45, 2.75) is 6.92 Å². The summed E-state index contributed by atoms with van der Waals surface area (Å²) in [4.78, 5) is 32.7. The Labute approximate surface area is 117 Å². The van der Waals surface area contributed by atoms with Gasteiger partial charge in [-0.3, -0.25) is 10.1 Å². The van der Waals surface area contributed by atoms with Gasteiger partial charge >= 0.3 is 12.0 Å². The molecule has 0 aromatic heterocycles. The Kier molecular flexibility index (Phi) is 5.73. The van der Waals surface area contributed by atoms with Crippen molar-refractivity contribution in [2.24, 2.45) is 0 Å². The van der Waals surface area contributed by atoms with Crippen LogP contribution in [0.25, 0.3) is 0 Å². The fraction of sp³-hybridized carbons (Fsp3) is 0.250. The van der Waals surface area contributed by atoms with Gasteiger partial charge in [-0.25, -0.2) is 18.4 Å². The number of aliphatic carboxylic acids is 1. The lowest BCUT2D eigenvalue weighted by molar-refractivity contribution is -0.143. The fourth-order valence-corrected chi connectivity index (χ4v) is 1.31. The highest BCUT2D eigenvalue weighted by Crippen LogP contribution is 2.21. The minimum Gasteiger partial charge on any atom is -0.480 e. The number of hydrogen-bond acceptors (Lipinski definition) is 4. The van der Waals surface area contributed by atoms with Gasteiger partial charge < -0.3 is 15.2 Å². The number of rotatable bonds is 5. The summed E-state index contributed by atoms with van der Waals surface area (Å²) in [6.07, 6.45) is 0. The lowest BCUT2D eigenvalue weighted by Crippen LogP contribution is -2.37. The molecule has 3 N–H and O–H groups in total. The molecule has 0 heterocycles. The molecule has 0 atom stereocenters. The monoisotopic (exact) mass is 302 g/mol. The van der Waals surface area contributed by atoms with Crippen LogP contribution in [-0.4, -0.2) is 36.2 Å². The Morgan fingerprint density at radius 1 is 1.24 bits per heavy atom. The van der Waals surface area contributed by atoms with E-state index in [1.807, 2.05) is 5.32 Å². The molecule has 3 amide bonds. The van der Waals surface area contributed by atoms with E-state index in [1.54, 1.807) is 5.32 Å². The maximum atomic E-state index is 13.6. The molecule has 0 radical (unpaired) electrons. The Morgan fingerprint density at radius 2 is 1.90 bits per heavy atom. The second kappa shape index (κ2) is 7.29. The molecule has 0 saturated heterocycles. The summed E-state index contributed by atoms with van der Waals surface area (Å²) < 4.78 is 31.4. The minimum atomic E-state index is -1.28. The smallest absolute Gasteiger partial charge is 0.329 e. The van der Waals surface area contributed by atoms with Crippen molar-refractivity contribution in [2.75, 3.05) is 18.5 Å². The third-order valence-corrected chi connectivity index (χ3v) is 2.23. The number of benzene rings is 1. The van der Waals surface area contributed by atoms with Crippen molar-refractivity contribution >= 4 is 23.6 Å². The van der Waals surface area contributed by atoms with Crippen LogP contribution in [0, 0.1) is 18.6 Å². The number of urea groups is 1. The number of hydrogen-bond donors (Lipinski definition) is 3. The van der Waals surface area contributed by atoms with Gasteiger partial charge in [0.15, 0.2) is 5.82 Å². The van der Waals surface area contributed by atoms with E-state index in [-0.39, 0.29) is 5.56 Å². The van der Waals surface area contributed by atoms with E-state index in [9.17, 15) is 23.2 Å². The van der Waals surface area contributed by atoms with E-state index < -0.39 is 48.4 Å². The lowest BCUT2D eigenvalue weighted by atomic mass is 10.2. The van der Waals surface area contributed by atoms with Crippen molar-refractivity contribution in [1.29, 1.82) is 0 Å². The van der Waals surface area contributed by atoms with Crippen LogP contribution in [0.1, 0.15) is 5.56 Å². The van der Waals surface area contributed by atoms with E-state index >= 15 is 0 Å². The SMILES string of the molecule is Cc1ccc(F)c(NC(=O)NC(=O)COCC(=O)O)c1F. The third-order valence-electron chi connectivity index (χ3n) is 2.23. The number of halogens is 2. The van der Waals surface area contributed by atoms with Gasteiger partial charge in [-0.05, 0) is 18.6 Å². The Morgan fingerprint density at radius 3 is 2.52 bits per heavy atom. The van der Waals surface area contributed by atoms with Crippen molar-refractivity contribution < 1.29 is 33.0 Å². The number of aryl methyl sites for hydroxylation is 1. The molecule has 0 saturated carbocycles. The zero-order chi connectivity index (χ0) is 16.0. The van der Waals surface area contributed by atoms with Gasteiger partial charge in [-0.2, -0.15) is 0 Å². The molecule has 1 rings (SSSR count). The van der Waals surface area contributed by atoms with E-state index in [2.05, 4.69) is 4.74 Å². The molecule has 7 nitrogen and oxygen atoms in total. The normalized spacial score (nSPS) is 10.0. The van der Waals surface area contributed by atoms with E-state index in [1.165, 1.54) is 13.0 Å². The molecule has 0 bridgehead atoms. The predicted molar refractivity (Wildman–Crippen MR) is 66.7 cm³/mol. The van der Waals surface area contributed by atoms with Crippen LogP contribution in [0.15, 0.2) is 12.1 Å². The first kappa shape index (κ1) is 16.5. The standard InChI is InChI=1S/C12H12F2N2O5/c1-6-2-3-7(13)11(10(6)14)16-12(20)15-8(17)4-21-5-9(18)19/h2-3H,4-5H2,1H3,(H,18,19)(H2,15,16,17,20). The quantitative estimate of drug-likeness (QED) is 0.753. The molecule has 0 unspecified atom stereocenters. The summed E-state index contributed by atoms with van der Waals surface area (Å²) in [6.45, 7) is -0.0164. The molecule has 0 aliphatic rings. The fourth-order valence-electron chi connectivity index (χ4n) is 1.31. The van der Waals surface area contributed by atoms with Gasteiger partial charge in [0.2, 0.25) is 0 Å². The molecule has 0 fully saturated rings. The third kappa shape index (κ3) is 5.15. The van der Waals surface area contributed by atoms with Gasteiger partial charge in [-0.1, -0.05) is 6.07 Å². The van der Waals surface area contributed by atoms with Crippen molar-refractivity contribution in [1.82, 2.24) is 5.32 Å². The van der Waals surface area contributed by atoms with E-state index in [0.29, 0.717) is 0 Å². The zero-order valence-corrected chi connectivity index (χ0v) is 10.9. The number of anilines is 1. The van der Waals surface area contributed by atoms with Gasteiger partial charge in [0.25, 0.3) is 5.91 Å². The highest BCUT2D eigenvalue weighted by atomic mass is 19.1. The molecular weight excluding hydrogens is 290 g/mol. The highest BCUT2D eigenvalue weighted by Gasteiger charge is 2.16. The molecule has 0 aliphatic heterocycles. The number of carbonyl (C=O) groups excluding carboxylic acids is 2. The number of carboxylic acid groups (broad SMARTS) is 1. The number of nitrogens with one attached hydrogen (secondary N) is 2. The van der Waals surface area contributed by atoms with Crippen LogP contribution >= 0.6 is 0 Å². The van der Waals surface area contributed by atoms with Gasteiger partial charge in [-0.15, -0.1) is 0 Å². The van der Waals surface area contributed by atoms with Crippen LogP contribution in [0.2, 0.25) is 0 Å². The molecule has 1 aromatic carbocycles. The molecule has 9 heteroatoms. The summed E-state index contributed by atoms with van der Waals surface area (Å²) in [5, 5.41) is 11.9. The van der Waals surface area contributed by atoms with Crippen LogP contribution in [0.4, 0.5) is 19.3 Å². The lowest BCUT2D eigenvalue weighted by Gasteiger charge is -2.09. The van der Waals surface area contributed by atoms with Crippen molar-refractivity contribution in [3.63, 3.8) is 0 Å². The number of ether oxygens (including phenoxy) is 1. The topological polar surface area (TPSA) is 105 Å². The Bertz CT molecular complexity index is 577. The number of amides is 3. The minimum absolute atomic E-state index is 0.114. The Balaban J connectivity index is 2.56. The second-order valence-electron chi connectivity index (χ2n) is 3.94. The molecular formula is C12H12F2N2O5. The van der Waals surface area contributed by atoms with Crippen molar-refractivity contribution in [3.8, 4) is 0 Å². The first-order chi connectivity index (χ1) is 9.81.